The molecule has 0 saturated heterocycles. The highest BCUT2D eigenvalue weighted by Crippen LogP contribution is 2.28. The molecule has 0 aliphatic heterocycles. The van der Waals surface area contributed by atoms with Crippen molar-refractivity contribution in [3.63, 3.8) is 0 Å². The van der Waals surface area contributed by atoms with Gasteiger partial charge in [-0.05, 0) is 83.4 Å². The van der Waals surface area contributed by atoms with Crippen LogP contribution in [0.3, 0.4) is 0 Å². The molecule has 8 nitrogen and oxygen atoms in total. The molecule has 2 aromatic heterocycles. The molecule has 0 aromatic carbocycles. The maximum absolute atomic E-state index is 12.7. The minimum atomic E-state index is -0.485. The van der Waals surface area contributed by atoms with Crippen molar-refractivity contribution in [2.24, 2.45) is 11.8 Å². The smallest absolute Gasteiger partial charge is 0.407 e. The molecular weight excluding hydrogens is 432 g/mol. The van der Waals surface area contributed by atoms with E-state index in [1.807, 2.05) is 33.8 Å². The summed E-state index contributed by atoms with van der Waals surface area (Å²) in [6.07, 6.45) is 7.09. The number of nitrogens with zero attached hydrogens (tertiary/aromatic N) is 2. The zero-order chi connectivity index (χ0) is 24.6. The van der Waals surface area contributed by atoms with Crippen molar-refractivity contribution in [1.82, 2.24) is 20.6 Å². The molecule has 8 heteroatoms. The number of carbonyl (C=O) groups is 2. The minimum absolute atomic E-state index is 0.101. The van der Waals surface area contributed by atoms with Gasteiger partial charge in [0.25, 0.3) is 5.91 Å². The topological polar surface area (TPSA) is 102 Å². The van der Waals surface area contributed by atoms with Crippen LogP contribution in [0.5, 0.6) is 5.88 Å². The lowest BCUT2D eigenvalue weighted by Crippen LogP contribution is -2.37. The quantitative estimate of drug-likeness (QED) is 0.587. The molecule has 1 aliphatic carbocycles. The van der Waals surface area contributed by atoms with E-state index in [4.69, 9.17) is 9.47 Å². The van der Waals surface area contributed by atoms with Gasteiger partial charge >= 0.3 is 6.09 Å². The van der Waals surface area contributed by atoms with Crippen LogP contribution in [-0.2, 0) is 4.74 Å². The van der Waals surface area contributed by atoms with E-state index in [1.165, 1.54) is 0 Å². The molecular formula is C26H36N4O4. The Kier molecular flexibility index (Phi) is 8.85. The van der Waals surface area contributed by atoms with Crippen LogP contribution in [0.4, 0.5) is 4.79 Å². The normalized spacial score (nSPS) is 18.1. The molecule has 3 rings (SSSR count). The van der Waals surface area contributed by atoms with E-state index < -0.39 is 5.60 Å². The van der Waals surface area contributed by atoms with Crippen LogP contribution in [0, 0.1) is 11.8 Å². The Labute approximate surface area is 201 Å². The van der Waals surface area contributed by atoms with E-state index in [0.717, 1.165) is 31.2 Å². The monoisotopic (exact) mass is 468 g/mol. The van der Waals surface area contributed by atoms with Crippen molar-refractivity contribution in [3.8, 4) is 17.1 Å². The molecule has 0 atom stereocenters. The van der Waals surface area contributed by atoms with Gasteiger partial charge in [-0.25, -0.2) is 9.78 Å². The van der Waals surface area contributed by atoms with E-state index in [9.17, 15) is 9.59 Å². The second-order valence-corrected chi connectivity index (χ2v) is 9.73. The molecule has 1 fully saturated rings. The highest BCUT2D eigenvalue weighted by Gasteiger charge is 2.23. The molecule has 2 aromatic rings. The van der Waals surface area contributed by atoms with E-state index in [1.54, 1.807) is 30.6 Å². The Balaban J connectivity index is 1.43. The van der Waals surface area contributed by atoms with Crippen molar-refractivity contribution in [1.29, 1.82) is 0 Å². The summed E-state index contributed by atoms with van der Waals surface area (Å²) in [7, 11) is 0. The third-order valence-corrected chi connectivity index (χ3v) is 5.80. The van der Waals surface area contributed by atoms with Crippen molar-refractivity contribution in [2.75, 3.05) is 19.7 Å². The Morgan fingerprint density at radius 2 is 1.68 bits per heavy atom. The summed E-state index contributed by atoms with van der Waals surface area (Å²) in [5.74, 6) is 1.36. The highest BCUT2D eigenvalue weighted by molar-refractivity contribution is 5.95. The standard InChI is InChI=1S/C26H36N4O4/c1-5-33-23-11-10-21(17-28-23)22-14-20(12-13-27-22)24(31)29-15-18-6-8-19(9-7-18)16-30-25(32)34-26(2,3)4/h10-14,17-19H,5-9,15-16H2,1-4H3,(H,29,31)(H,30,32)/t18-,19-. The first-order valence-electron chi connectivity index (χ1n) is 12.0. The van der Waals surface area contributed by atoms with Crippen molar-refractivity contribution in [3.05, 3.63) is 42.2 Å². The lowest BCUT2D eigenvalue weighted by atomic mass is 9.82. The first-order chi connectivity index (χ1) is 16.2. The predicted molar refractivity (Wildman–Crippen MR) is 131 cm³/mol. The van der Waals surface area contributed by atoms with Crippen molar-refractivity contribution in [2.45, 2.75) is 59.0 Å². The molecule has 0 spiro atoms. The molecule has 1 aliphatic rings. The molecule has 0 bridgehead atoms. The predicted octanol–water partition coefficient (Wildman–Crippen LogP) is 4.60. The maximum atomic E-state index is 12.7. The fourth-order valence-electron chi connectivity index (χ4n) is 4.02. The minimum Gasteiger partial charge on any atom is -0.478 e. The number of hydrogen-bond acceptors (Lipinski definition) is 6. The largest absolute Gasteiger partial charge is 0.478 e. The molecule has 34 heavy (non-hydrogen) atoms. The Morgan fingerprint density at radius 1 is 1.00 bits per heavy atom. The van der Waals surface area contributed by atoms with Gasteiger partial charge in [0.15, 0.2) is 0 Å². The molecule has 0 unspecified atom stereocenters. The molecule has 0 radical (unpaired) electrons. The van der Waals surface area contributed by atoms with E-state index in [2.05, 4.69) is 20.6 Å². The van der Waals surface area contributed by atoms with Crippen molar-refractivity contribution >= 4 is 12.0 Å². The number of nitrogens with one attached hydrogen (secondary N) is 2. The second kappa shape index (κ2) is 11.8. The molecule has 2 amide bonds. The summed E-state index contributed by atoms with van der Waals surface area (Å²) >= 11 is 0. The number of ether oxygens (including phenoxy) is 2. The Bertz CT molecular complexity index is 948. The van der Waals surface area contributed by atoms with Gasteiger partial charge in [0.1, 0.15) is 5.60 Å². The zero-order valence-electron chi connectivity index (χ0n) is 20.6. The fraction of sp³-hybridized carbons (Fsp3) is 0.538. The SMILES string of the molecule is CCOc1ccc(-c2cc(C(=O)NC[C@H]3CC[C@H](CNC(=O)OC(C)(C)C)CC3)ccn2)cn1. The summed E-state index contributed by atoms with van der Waals surface area (Å²) < 4.78 is 10.7. The van der Waals surface area contributed by atoms with Crippen LogP contribution in [0.1, 0.15) is 63.7 Å². The van der Waals surface area contributed by atoms with Gasteiger partial charge in [-0.2, -0.15) is 0 Å². The molecule has 2 heterocycles. The van der Waals surface area contributed by atoms with Crippen LogP contribution in [-0.4, -0.2) is 47.3 Å². The lowest BCUT2D eigenvalue weighted by Gasteiger charge is -2.29. The van der Waals surface area contributed by atoms with Gasteiger partial charge in [-0.1, -0.05) is 0 Å². The van der Waals surface area contributed by atoms with Crippen LogP contribution in [0.15, 0.2) is 36.7 Å². The third kappa shape index (κ3) is 8.01. The summed E-state index contributed by atoms with van der Waals surface area (Å²) in [4.78, 5) is 33.2. The third-order valence-electron chi connectivity index (χ3n) is 5.80. The molecule has 184 valence electrons. The van der Waals surface area contributed by atoms with Gasteiger partial charge in [0.05, 0.1) is 12.3 Å². The average molecular weight is 469 g/mol. The van der Waals surface area contributed by atoms with Gasteiger partial charge in [-0.15, -0.1) is 0 Å². The van der Waals surface area contributed by atoms with Crippen LogP contribution >= 0.6 is 0 Å². The number of carbonyl (C=O) groups excluding carboxylic acids is 2. The van der Waals surface area contributed by atoms with Crippen LogP contribution in [0.2, 0.25) is 0 Å². The first-order valence-corrected chi connectivity index (χ1v) is 12.0. The van der Waals surface area contributed by atoms with Gasteiger partial charge in [0, 0.05) is 42.7 Å². The lowest BCUT2D eigenvalue weighted by molar-refractivity contribution is 0.0512. The molecule has 2 N–H and O–H groups in total. The second-order valence-electron chi connectivity index (χ2n) is 9.73. The Morgan fingerprint density at radius 3 is 2.26 bits per heavy atom. The maximum Gasteiger partial charge on any atom is 0.407 e. The fourth-order valence-corrected chi connectivity index (χ4v) is 4.02. The van der Waals surface area contributed by atoms with Crippen molar-refractivity contribution < 1.29 is 19.1 Å². The average Bonchev–Trinajstić information content (AvgIpc) is 2.81. The zero-order valence-corrected chi connectivity index (χ0v) is 20.6. The van der Waals surface area contributed by atoms with E-state index in [0.29, 0.717) is 48.7 Å². The number of rotatable bonds is 8. The summed E-state index contributed by atoms with van der Waals surface area (Å²) in [6, 6.07) is 7.19. The summed E-state index contributed by atoms with van der Waals surface area (Å²) in [6.45, 7) is 9.32. The number of amides is 2. The molecule has 1 saturated carbocycles. The Hall–Kier alpha value is -3.16. The summed E-state index contributed by atoms with van der Waals surface area (Å²) in [5, 5.41) is 5.95. The van der Waals surface area contributed by atoms with Gasteiger partial charge in [-0.3, -0.25) is 9.78 Å². The van der Waals surface area contributed by atoms with Gasteiger partial charge in [0.2, 0.25) is 5.88 Å². The number of hydrogen-bond donors (Lipinski definition) is 2. The van der Waals surface area contributed by atoms with E-state index in [-0.39, 0.29) is 12.0 Å². The van der Waals surface area contributed by atoms with Crippen LogP contribution < -0.4 is 15.4 Å². The number of pyridine rings is 2. The number of alkyl carbamates (subject to hydrolysis) is 1. The van der Waals surface area contributed by atoms with E-state index >= 15 is 0 Å². The van der Waals surface area contributed by atoms with Gasteiger partial charge < -0.3 is 20.1 Å². The number of aromatic nitrogens is 2. The summed E-state index contributed by atoms with van der Waals surface area (Å²) in [5.41, 5.74) is 1.62. The van der Waals surface area contributed by atoms with Crippen LogP contribution in [0.25, 0.3) is 11.3 Å². The highest BCUT2D eigenvalue weighted by atomic mass is 16.6. The first kappa shape index (κ1) is 25.5.